The normalized spacial score (nSPS) is 26.3. The van der Waals surface area contributed by atoms with Crippen molar-refractivity contribution in [3.05, 3.63) is 50.7 Å². The van der Waals surface area contributed by atoms with Gasteiger partial charge < -0.3 is 25.0 Å². The Morgan fingerprint density at radius 2 is 1.95 bits per heavy atom. The molecule has 3 saturated heterocycles. The molecule has 1 amide bonds. The molecule has 9 nitrogen and oxygen atoms in total. The van der Waals surface area contributed by atoms with Crippen molar-refractivity contribution in [1.82, 2.24) is 25.1 Å². The second kappa shape index (κ2) is 10.9. The summed E-state index contributed by atoms with van der Waals surface area (Å²) in [6, 6.07) is 10.6. The Morgan fingerprint density at radius 1 is 1.16 bits per heavy atom. The number of piperazine rings is 1. The fourth-order valence-electron chi connectivity index (χ4n) is 7.89. The van der Waals surface area contributed by atoms with Gasteiger partial charge in [0.15, 0.2) is 0 Å². The molecule has 8 rings (SSSR count). The van der Waals surface area contributed by atoms with E-state index in [9.17, 15) is 14.3 Å². The summed E-state index contributed by atoms with van der Waals surface area (Å²) in [5.74, 6) is 0.808. The minimum absolute atomic E-state index is 0.00371. The van der Waals surface area contributed by atoms with E-state index < -0.39 is 6.17 Å². The Labute approximate surface area is 270 Å². The van der Waals surface area contributed by atoms with Gasteiger partial charge in [-0.3, -0.25) is 9.69 Å². The van der Waals surface area contributed by atoms with Crippen LogP contribution in [0.4, 0.5) is 10.2 Å². The molecule has 4 unspecified atom stereocenters. The van der Waals surface area contributed by atoms with Crippen LogP contribution in [0.1, 0.15) is 60.6 Å². The van der Waals surface area contributed by atoms with E-state index in [2.05, 4.69) is 44.6 Å². The number of anilines is 1. The number of aromatic nitrogens is 2. The van der Waals surface area contributed by atoms with Crippen LogP contribution in [0.25, 0.3) is 10.8 Å². The minimum atomic E-state index is -0.738. The summed E-state index contributed by atoms with van der Waals surface area (Å²) in [6.07, 6.45) is 4.29. The number of nitrogens with one attached hydrogen (secondary N) is 1. The van der Waals surface area contributed by atoms with Gasteiger partial charge in [-0.2, -0.15) is 9.97 Å². The lowest BCUT2D eigenvalue weighted by Gasteiger charge is -2.35. The third-order valence-corrected chi connectivity index (χ3v) is 11.6. The summed E-state index contributed by atoms with van der Waals surface area (Å²) >= 11 is 2.25. The number of hydrogen-bond donors (Lipinski definition) is 2. The first-order chi connectivity index (χ1) is 21.3. The largest absolute Gasteiger partial charge is 0.508 e. The SMILES string of the molecule is CC(N1CCC(F)C1)C1(COc2nc3c(c(N4CC5CCC(C4)N5)n2)CN(C(=O)c2cc(O)cc4cccc(I)c24)C3)CC1. The monoisotopic (exact) mass is 712 g/mol. The van der Waals surface area contributed by atoms with Gasteiger partial charge in [0, 0.05) is 64.2 Å². The summed E-state index contributed by atoms with van der Waals surface area (Å²) in [5.41, 5.74) is 2.29. The molecule has 0 spiro atoms. The van der Waals surface area contributed by atoms with Crippen molar-refractivity contribution in [2.45, 2.75) is 76.4 Å². The lowest BCUT2D eigenvalue weighted by Crippen LogP contribution is -2.51. The highest BCUT2D eigenvalue weighted by atomic mass is 127. The van der Waals surface area contributed by atoms with Crippen LogP contribution in [0.3, 0.4) is 0 Å². The zero-order valence-electron chi connectivity index (χ0n) is 24.9. The highest BCUT2D eigenvalue weighted by molar-refractivity contribution is 14.1. The predicted molar refractivity (Wildman–Crippen MR) is 174 cm³/mol. The number of phenolic OH excluding ortho intramolecular Hbond substituents is 1. The van der Waals surface area contributed by atoms with Gasteiger partial charge in [-0.05, 0) is 85.2 Å². The van der Waals surface area contributed by atoms with Gasteiger partial charge in [-0.15, -0.1) is 0 Å². The van der Waals surface area contributed by atoms with Gasteiger partial charge in [0.25, 0.3) is 5.91 Å². The zero-order valence-corrected chi connectivity index (χ0v) is 27.1. The molecule has 4 aliphatic heterocycles. The Balaban J connectivity index is 1.09. The third-order valence-electron chi connectivity index (χ3n) is 10.7. The van der Waals surface area contributed by atoms with Crippen LogP contribution >= 0.6 is 22.6 Å². The molecule has 3 aromatic rings. The fourth-order valence-corrected chi connectivity index (χ4v) is 8.70. The Hall–Kier alpha value is -2.77. The maximum atomic E-state index is 14.1. The van der Waals surface area contributed by atoms with Gasteiger partial charge in [0.05, 0.1) is 31.0 Å². The van der Waals surface area contributed by atoms with E-state index in [0.29, 0.717) is 56.3 Å². The van der Waals surface area contributed by atoms with Gasteiger partial charge in [-0.25, -0.2) is 4.39 Å². The van der Waals surface area contributed by atoms with E-state index in [1.54, 1.807) is 12.1 Å². The second-order valence-corrected chi connectivity index (χ2v) is 14.7. The predicted octanol–water partition coefficient (Wildman–Crippen LogP) is 4.63. The smallest absolute Gasteiger partial charge is 0.318 e. The number of rotatable bonds is 7. The molecule has 5 heterocycles. The minimum Gasteiger partial charge on any atom is -0.508 e. The standard InChI is InChI=1S/C33H38FIN6O3/c1-19(39-10-7-21(34)13-39)33(8-9-33)18-44-32-37-28-17-41(16-26(28)30(38-32)40-14-22-5-6-23(15-40)36-22)31(43)25-12-24(42)11-20-3-2-4-27(35)29(20)25/h2-4,11-12,19,21-23,36,42H,5-10,13-18H2,1H3. The molecular formula is C33H38FIN6O3. The van der Waals surface area contributed by atoms with E-state index in [-0.39, 0.29) is 23.1 Å². The highest BCUT2D eigenvalue weighted by Gasteiger charge is 2.51. The van der Waals surface area contributed by atoms with Crippen LogP contribution in [0, 0.1) is 8.99 Å². The first-order valence-electron chi connectivity index (χ1n) is 15.9. The molecule has 4 atom stereocenters. The zero-order chi connectivity index (χ0) is 30.2. The Bertz CT molecular complexity index is 1620. The summed E-state index contributed by atoms with van der Waals surface area (Å²) in [5, 5.41) is 15.9. The van der Waals surface area contributed by atoms with Crippen molar-refractivity contribution in [1.29, 1.82) is 0 Å². The first-order valence-corrected chi connectivity index (χ1v) is 17.0. The van der Waals surface area contributed by atoms with E-state index in [0.717, 1.165) is 76.7 Å². The van der Waals surface area contributed by atoms with E-state index in [4.69, 9.17) is 14.7 Å². The molecule has 2 bridgehead atoms. The number of aromatic hydroxyl groups is 1. The number of amides is 1. The van der Waals surface area contributed by atoms with Crippen molar-refractivity contribution in [3.8, 4) is 11.8 Å². The maximum Gasteiger partial charge on any atom is 0.318 e. The van der Waals surface area contributed by atoms with Crippen molar-refractivity contribution in [2.24, 2.45) is 5.41 Å². The lowest BCUT2D eigenvalue weighted by atomic mass is 9.98. The quantitative estimate of drug-likeness (QED) is 0.343. The number of nitrogens with zero attached hydrogens (tertiary/aromatic N) is 5. The molecule has 44 heavy (non-hydrogen) atoms. The maximum absolute atomic E-state index is 14.1. The number of ether oxygens (including phenoxy) is 1. The van der Waals surface area contributed by atoms with Crippen molar-refractivity contribution < 1.29 is 19.0 Å². The summed E-state index contributed by atoms with van der Waals surface area (Å²) in [7, 11) is 0. The van der Waals surface area contributed by atoms with Crippen LogP contribution in [-0.2, 0) is 13.1 Å². The molecule has 2 N–H and O–H groups in total. The topological polar surface area (TPSA) is 94.1 Å². The molecule has 232 valence electrons. The fraction of sp³-hybridized carbons (Fsp3) is 0.545. The third kappa shape index (κ3) is 5.08. The molecule has 0 radical (unpaired) electrons. The van der Waals surface area contributed by atoms with Gasteiger partial charge in [0.2, 0.25) is 0 Å². The average molecular weight is 713 g/mol. The van der Waals surface area contributed by atoms with Crippen molar-refractivity contribution in [3.63, 3.8) is 0 Å². The van der Waals surface area contributed by atoms with Crippen LogP contribution in [0.2, 0.25) is 0 Å². The van der Waals surface area contributed by atoms with Crippen molar-refractivity contribution in [2.75, 3.05) is 37.7 Å². The molecule has 2 aromatic carbocycles. The van der Waals surface area contributed by atoms with Crippen LogP contribution in [0.15, 0.2) is 30.3 Å². The second-order valence-electron chi connectivity index (χ2n) is 13.5. The van der Waals surface area contributed by atoms with Crippen LogP contribution in [-0.4, -0.2) is 87.9 Å². The molecule has 1 aromatic heterocycles. The summed E-state index contributed by atoms with van der Waals surface area (Å²) in [4.78, 5) is 30.4. The number of fused-ring (bicyclic) bond motifs is 4. The first kappa shape index (κ1) is 28.7. The van der Waals surface area contributed by atoms with E-state index in [1.165, 1.54) is 0 Å². The number of halogens is 2. The number of phenols is 1. The number of carbonyl (C=O) groups is 1. The van der Waals surface area contributed by atoms with Gasteiger partial charge in [0.1, 0.15) is 17.7 Å². The molecular weight excluding hydrogens is 674 g/mol. The molecule has 1 aliphatic carbocycles. The molecule has 5 aliphatic rings. The number of alkyl halides is 1. The molecule has 11 heteroatoms. The molecule has 1 saturated carbocycles. The summed E-state index contributed by atoms with van der Waals surface area (Å²) in [6.45, 7) is 6.50. The Morgan fingerprint density at radius 3 is 2.68 bits per heavy atom. The number of hydrogen-bond acceptors (Lipinski definition) is 8. The van der Waals surface area contributed by atoms with Gasteiger partial charge in [-0.1, -0.05) is 12.1 Å². The number of likely N-dealkylation sites (tertiary alicyclic amines) is 1. The van der Waals surface area contributed by atoms with E-state index >= 15 is 0 Å². The average Bonchev–Trinajstić information content (AvgIpc) is 3.28. The lowest BCUT2D eigenvalue weighted by molar-refractivity contribution is 0.0751. The number of carbonyl (C=O) groups excluding carboxylic acids is 1. The Kier molecular flexibility index (Phi) is 7.13. The summed E-state index contributed by atoms with van der Waals surface area (Å²) < 4.78 is 21.4. The van der Waals surface area contributed by atoms with Gasteiger partial charge >= 0.3 is 6.01 Å². The van der Waals surface area contributed by atoms with Crippen LogP contribution in [0.5, 0.6) is 11.8 Å². The van der Waals surface area contributed by atoms with E-state index in [1.807, 2.05) is 23.1 Å². The van der Waals surface area contributed by atoms with Crippen molar-refractivity contribution >= 4 is 45.1 Å². The number of benzene rings is 2. The molecule has 4 fully saturated rings. The van der Waals surface area contributed by atoms with Crippen LogP contribution < -0.4 is 15.0 Å². The highest BCUT2D eigenvalue weighted by Crippen LogP contribution is 2.51.